The Hall–Kier alpha value is -1.72. The Kier molecular flexibility index (Phi) is 3.55. The van der Waals surface area contributed by atoms with Crippen LogP contribution in [0.25, 0.3) is 0 Å². The van der Waals surface area contributed by atoms with Crippen molar-refractivity contribution in [1.29, 1.82) is 0 Å². The van der Waals surface area contributed by atoms with Gasteiger partial charge in [-0.2, -0.15) is 0 Å². The van der Waals surface area contributed by atoms with Gasteiger partial charge < -0.3 is 10.6 Å². The largest absolute Gasteiger partial charge is 0.359 e. The van der Waals surface area contributed by atoms with Crippen LogP contribution < -0.4 is 10.6 Å². The van der Waals surface area contributed by atoms with E-state index in [1.807, 2.05) is 0 Å². The second-order valence-electron chi connectivity index (χ2n) is 4.91. The number of halogens is 4. The topological polar surface area (TPSA) is 29.3 Å². The summed E-state index contributed by atoms with van der Waals surface area (Å²) in [4.78, 5) is 1.79. The molecule has 110 valence electrons. The second-order valence-corrected chi connectivity index (χ2v) is 5.35. The smallest absolute Gasteiger partial charge is 0.194 e. The zero-order chi connectivity index (χ0) is 15.1. The minimum Gasteiger partial charge on any atom is -0.359 e. The monoisotopic (exact) mass is 312 g/mol. The fourth-order valence-electron chi connectivity index (χ4n) is 2.74. The van der Waals surface area contributed by atoms with Gasteiger partial charge in [0.05, 0.1) is 6.04 Å². The molecule has 0 bridgehead atoms. The molecule has 21 heavy (non-hydrogen) atoms. The third-order valence-corrected chi connectivity index (χ3v) is 3.96. The predicted molar refractivity (Wildman–Crippen MR) is 75.7 cm³/mol. The van der Waals surface area contributed by atoms with Crippen molar-refractivity contribution in [3.8, 4) is 0 Å². The van der Waals surface area contributed by atoms with E-state index in [0.717, 1.165) is 11.8 Å². The lowest BCUT2D eigenvalue weighted by molar-refractivity contribution is 0.441. The van der Waals surface area contributed by atoms with Crippen LogP contribution in [0.1, 0.15) is 17.2 Å². The van der Waals surface area contributed by atoms with E-state index in [4.69, 9.17) is 17.3 Å². The summed E-state index contributed by atoms with van der Waals surface area (Å²) < 4.78 is 40.8. The van der Waals surface area contributed by atoms with Crippen LogP contribution in [-0.4, -0.2) is 6.54 Å². The first-order valence-corrected chi connectivity index (χ1v) is 6.79. The Balaban J connectivity index is 2.10. The van der Waals surface area contributed by atoms with Crippen molar-refractivity contribution in [3.63, 3.8) is 0 Å². The molecule has 0 saturated heterocycles. The number of nitrogens with two attached hydrogens (primary N) is 1. The summed E-state index contributed by atoms with van der Waals surface area (Å²) in [5.41, 5.74) is 7.00. The van der Waals surface area contributed by atoms with Crippen molar-refractivity contribution in [1.82, 2.24) is 0 Å². The van der Waals surface area contributed by atoms with Gasteiger partial charge in [0, 0.05) is 29.4 Å². The second kappa shape index (κ2) is 5.24. The molecule has 0 saturated carbocycles. The van der Waals surface area contributed by atoms with Gasteiger partial charge in [0.1, 0.15) is 0 Å². The molecule has 0 aliphatic carbocycles. The lowest BCUT2D eigenvalue weighted by Crippen LogP contribution is -2.27. The van der Waals surface area contributed by atoms with Crippen LogP contribution >= 0.6 is 11.6 Å². The Morgan fingerprint density at radius 3 is 2.62 bits per heavy atom. The van der Waals surface area contributed by atoms with Crippen LogP contribution in [-0.2, 0) is 6.54 Å². The average Bonchev–Trinajstić information content (AvgIpc) is 2.83. The molecular formula is C15H12ClF3N2. The molecule has 0 aromatic heterocycles. The SMILES string of the molecule is NCC1c2cc(F)c(F)c(F)c2CN1c1cccc(Cl)c1. The average molecular weight is 313 g/mol. The van der Waals surface area contributed by atoms with Gasteiger partial charge in [0.25, 0.3) is 0 Å². The van der Waals surface area contributed by atoms with Crippen molar-refractivity contribution in [3.05, 3.63) is 63.9 Å². The molecule has 0 spiro atoms. The van der Waals surface area contributed by atoms with Gasteiger partial charge in [0.2, 0.25) is 0 Å². The number of hydrogen-bond donors (Lipinski definition) is 1. The molecule has 2 N–H and O–H groups in total. The molecule has 1 unspecified atom stereocenters. The summed E-state index contributed by atoms with van der Waals surface area (Å²) >= 11 is 5.96. The molecule has 1 atom stereocenters. The first-order chi connectivity index (χ1) is 10.0. The molecular weight excluding hydrogens is 301 g/mol. The van der Waals surface area contributed by atoms with Crippen LogP contribution in [0.15, 0.2) is 30.3 Å². The third-order valence-electron chi connectivity index (χ3n) is 3.72. The highest BCUT2D eigenvalue weighted by atomic mass is 35.5. The molecule has 1 aliphatic heterocycles. The van der Waals surface area contributed by atoms with E-state index < -0.39 is 23.5 Å². The van der Waals surface area contributed by atoms with Crippen LogP contribution in [0.4, 0.5) is 18.9 Å². The van der Waals surface area contributed by atoms with E-state index in [2.05, 4.69) is 0 Å². The summed E-state index contributed by atoms with van der Waals surface area (Å²) in [6, 6.07) is 7.59. The Morgan fingerprint density at radius 2 is 1.95 bits per heavy atom. The Bertz CT molecular complexity index is 706. The molecule has 6 heteroatoms. The van der Waals surface area contributed by atoms with Crippen molar-refractivity contribution < 1.29 is 13.2 Å². The number of benzene rings is 2. The minimum absolute atomic E-state index is 0.126. The molecule has 1 aliphatic rings. The van der Waals surface area contributed by atoms with E-state index in [0.29, 0.717) is 10.6 Å². The maximum Gasteiger partial charge on any atom is 0.194 e. The number of rotatable bonds is 2. The summed E-state index contributed by atoms with van der Waals surface area (Å²) in [5.74, 6) is -3.79. The van der Waals surface area contributed by atoms with Crippen LogP contribution in [0.3, 0.4) is 0 Å². The molecule has 0 fully saturated rings. The first-order valence-electron chi connectivity index (χ1n) is 6.41. The van der Waals surface area contributed by atoms with Crippen molar-refractivity contribution in [2.45, 2.75) is 12.6 Å². The van der Waals surface area contributed by atoms with Gasteiger partial charge >= 0.3 is 0 Å². The number of anilines is 1. The van der Waals surface area contributed by atoms with Crippen LogP contribution in [0.2, 0.25) is 5.02 Å². The fraction of sp³-hybridized carbons (Fsp3) is 0.200. The van der Waals surface area contributed by atoms with Gasteiger partial charge in [-0.15, -0.1) is 0 Å². The quantitative estimate of drug-likeness (QED) is 0.855. The number of fused-ring (bicyclic) bond motifs is 1. The highest BCUT2D eigenvalue weighted by molar-refractivity contribution is 6.30. The van der Waals surface area contributed by atoms with E-state index >= 15 is 0 Å². The highest BCUT2D eigenvalue weighted by Crippen LogP contribution is 2.39. The third kappa shape index (κ3) is 2.26. The summed E-state index contributed by atoms with van der Waals surface area (Å²) in [5, 5.41) is 0.525. The number of hydrogen-bond acceptors (Lipinski definition) is 2. The Labute approximate surface area is 124 Å². The molecule has 3 rings (SSSR count). The Morgan fingerprint density at radius 1 is 1.19 bits per heavy atom. The zero-order valence-corrected chi connectivity index (χ0v) is 11.7. The fourth-order valence-corrected chi connectivity index (χ4v) is 2.92. The van der Waals surface area contributed by atoms with E-state index in [9.17, 15) is 13.2 Å². The molecule has 2 nitrogen and oxygen atoms in total. The van der Waals surface area contributed by atoms with E-state index in [-0.39, 0.29) is 18.7 Å². The standard InChI is InChI=1S/C15H12ClF3N2/c16-8-2-1-3-9(4-8)21-7-11-10(13(21)6-20)5-12(17)15(19)14(11)18/h1-5,13H,6-7,20H2. The van der Waals surface area contributed by atoms with E-state index in [1.54, 1.807) is 29.2 Å². The van der Waals surface area contributed by atoms with E-state index in [1.165, 1.54) is 0 Å². The maximum absolute atomic E-state index is 13.9. The van der Waals surface area contributed by atoms with Gasteiger partial charge in [-0.3, -0.25) is 0 Å². The van der Waals surface area contributed by atoms with Crippen molar-refractivity contribution in [2.24, 2.45) is 5.73 Å². The first kappa shape index (κ1) is 14.2. The molecule has 0 radical (unpaired) electrons. The predicted octanol–water partition coefficient (Wildman–Crippen LogP) is 3.78. The lowest BCUT2D eigenvalue weighted by atomic mass is 10.0. The maximum atomic E-state index is 13.9. The van der Waals surface area contributed by atoms with Gasteiger partial charge in [-0.25, -0.2) is 13.2 Å². The molecule has 0 amide bonds. The van der Waals surface area contributed by atoms with Gasteiger partial charge in [0.15, 0.2) is 17.5 Å². The van der Waals surface area contributed by atoms with Gasteiger partial charge in [-0.1, -0.05) is 17.7 Å². The summed E-state index contributed by atoms with van der Waals surface area (Å²) in [6.07, 6.45) is 0. The van der Waals surface area contributed by atoms with Crippen LogP contribution in [0, 0.1) is 17.5 Å². The van der Waals surface area contributed by atoms with Crippen LogP contribution in [0.5, 0.6) is 0 Å². The minimum atomic E-state index is -1.45. The van der Waals surface area contributed by atoms with Gasteiger partial charge in [-0.05, 0) is 29.8 Å². The van der Waals surface area contributed by atoms with Crippen molar-refractivity contribution >= 4 is 17.3 Å². The molecule has 1 heterocycles. The highest BCUT2D eigenvalue weighted by Gasteiger charge is 2.34. The summed E-state index contributed by atoms with van der Waals surface area (Å²) in [7, 11) is 0. The lowest BCUT2D eigenvalue weighted by Gasteiger charge is -2.26. The van der Waals surface area contributed by atoms with Crippen molar-refractivity contribution in [2.75, 3.05) is 11.4 Å². The molecule has 2 aromatic rings. The molecule has 2 aromatic carbocycles. The summed E-state index contributed by atoms with van der Waals surface area (Å²) in [6.45, 7) is 0.282. The zero-order valence-electron chi connectivity index (χ0n) is 10.9. The number of nitrogens with zero attached hydrogens (tertiary/aromatic N) is 1. The normalized spacial score (nSPS) is 17.2.